The smallest absolute Gasteiger partial charge is 0.267 e. The highest BCUT2D eigenvalue weighted by atomic mass is 35.5. The minimum atomic E-state index is -0.280. The molecule has 2 heterocycles. The number of aromatic nitrogens is 3. The van der Waals surface area contributed by atoms with E-state index in [2.05, 4.69) is 15.1 Å². The van der Waals surface area contributed by atoms with Crippen LogP contribution in [0, 0.1) is 6.92 Å². The third kappa shape index (κ3) is 3.50. The van der Waals surface area contributed by atoms with Gasteiger partial charge in [0.15, 0.2) is 5.82 Å². The van der Waals surface area contributed by atoms with E-state index in [1.807, 2.05) is 31.2 Å². The Morgan fingerprint density at radius 2 is 1.78 bits per heavy atom. The third-order valence-electron chi connectivity index (χ3n) is 4.15. The van der Waals surface area contributed by atoms with E-state index >= 15 is 0 Å². The summed E-state index contributed by atoms with van der Waals surface area (Å²) >= 11 is 6.06. The molecule has 0 saturated carbocycles. The van der Waals surface area contributed by atoms with Gasteiger partial charge < -0.3 is 0 Å². The average molecular weight is 375 g/mol. The molecule has 0 aliphatic heterocycles. The highest BCUT2D eigenvalue weighted by Crippen LogP contribution is 2.20. The van der Waals surface area contributed by atoms with Crippen LogP contribution in [-0.4, -0.2) is 20.9 Å². The lowest BCUT2D eigenvalue weighted by Gasteiger charge is -2.09. The maximum atomic E-state index is 13.1. The number of fused-ring (bicyclic) bond motifs is 1. The summed E-state index contributed by atoms with van der Waals surface area (Å²) in [7, 11) is 0. The van der Waals surface area contributed by atoms with Gasteiger partial charge in [-0.15, -0.1) is 0 Å². The average Bonchev–Trinajstić information content (AvgIpc) is 2.69. The molecule has 27 heavy (non-hydrogen) atoms. The number of benzene rings is 2. The molecule has 4 rings (SSSR count). The number of rotatable bonds is 3. The molecule has 132 valence electrons. The summed E-state index contributed by atoms with van der Waals surface area (Å²) in [5.41, 5.74) is 3.08. The summed E-state index contributed by atoms with van der Waals surface area (Å²) in [5, 5.41) is 5.31. The van der Waals surface area contributed by atoms with Crippen LogP contribution in [-0.2, 0) is 0 Å². The molecule has 0 unspecified atom stereocenters. The normalized spacial score (nSPS) is 11.3. The van der Waals surface area contributed by atoms with E-state index in [1.54, 1.807) is 48.9 Å². The molecule has 0 N–H and O–H groups in total. The number of nitrogens with zero attached hydrogens (tertiary/aromatic N) is 4. The highest BCUT2D eigenvalue weighted by molar-refractivity contribution is 6.31. The van der Waals surface area contributed by atoms with Crippen LogP contribution >= 0.6 is 11.6 Å². The van der Waals surface area contributed by atoms with Gasteiger partial charge in [0.25, 0.3) is 5.56 Å². The van der Waals surface area contributed by atoms with Crippen LogP contribution in [0.15, 0.2) is 76.9 Å². The largest absolute Gasteiger partial charge is 0.282 e. The van der Waals surface area contributed by atoms with Gasteiger partial charge in [0.2, 0.25) is 0 Å². The van der Waals surface area contributed by atoms with Gasteiger partial charge in [0.05, 0.1) is 17.1 Å². The Labute approximate surface area is 160 Å². The summed E-state index contributed by atoms with van der Waals surface area (Å²) in [4.78, 5) is 21.7. The molecule has 0 saturated heterocycles. The predicted octanol–water partition coefficient (Wildman–Crippen LogP) is 4.30. The molecule has 0 spiro atoms. The van der Waals surface area contributed by atoms with E-state index in [1.165, 1.54) is 4.68 Å². The SMILES string of the molecule is Cc1ccc(C=Nn2c(-c3ccncc3)nc3ccc(Cl)cc3c2=O)cc1. The minimum absolute atomic E-state index is 0.280. The molecule has 0 bridgehead atoms. The van der Waals surface area contributed by atoms with Gasteiger partial charge in [-0.05, 0) is 42.8 Å². The Hall–Kier alpha value is -3.31. The molecule has 0 amide bonds. The molecule has 0 radical (unpaired) electrons. The van der Waals surface area contributed by atoms with Crippen molar-refractivity contribution in [2.24, 2.45) is 5.10 Å². The van der Waals surface area contributed by atoms with Crippen molar-refractivity contribution < 1.29 is 0 Å². The van der Waals surface area contributed by atoms with Crippen LogP contribution in [0.2, 0.25) is 5.02 Å². The van der Waals surface area contributed by atoms with Crippen molar-refractivity contribution >= 4 is 28.7 Å². The first kappa shape index (κ1) is 17.1. The Kier molecular flexibility index (Phi) is 4.52. The Morgan fingerprint density at radius 3 is 2.52 bits per heavy atom. The molecule has 2 aromatic carbocycles. The van der Waals surface area contributed by atoms with Crippen LogP contribution in [0.25, 0.3) is 22.3 Å². The monoisotopic (exact) mass is 374 g/mol. The van der Waals surface area contributed by atoms with Gasteiger partial charge in [-0.3, -0.25) is 9.78 Å². The van der Waals surface area contributed by atoms with E-state index < -0.39 is 0 Å². The number of halogens is 1. The van der Waals surface area contributed by atoms with Crippen LogP contribution < -0.4 is 5.56 Å². The first-order valence-electron chi connectivity index (χ1n) is 8.35. The first-order valence-corrected chi connectivity index (χ1v) is 8.73. The van der Waals surface area contributed by atoms with E-state index in [9.17, 15) is 4.79 Å². The van der Waals surface area contributed by atoms with Gasteiger partial charge in [0.1, 0.15) is 0 Å². The Balaban J connectivity index is 1.94. The molecular formula is C21H15ClN4O. The number of hydrogen-bond acceptors (Lipinski definition) is 4. The van der Waals surface area contributed by atoms with Crippen molar-refractivity contribution in [3.8, 4) is 11.4 Å². The molecular weight excluding hydrogens is 360 g/mol. The summed E-state index contributed by atoms with van der Waals surface area (Å²) in [6, 6.07) is 16.5. The molecule has 6 heteroatoms. The topological polar surface area (TPSA) is 60.1 Å². The summed E-state index contributed by atoms with van der Waals surface area (Å²) < 4.78 is 1.30. The van der Waals surface area contributed by atoms with Crippen molar-refractivity contribution in [2.75, 3.05) is 0 Å². The maximum absolute atomic E-state index is 13.1. The Morgan fingerprint density at radius 1 is 1.04 bits per heavy atom. The van der Waals surface area contributed by atoms with Gasteiger partial charge in [-0.2, -0.15) is 9.78 Å². The van der Waals surface area contributed by atoms with Crippen molar-refractivity contribution in [1.82, 2.24) is 14.6 Å². The standard InChI is InChI=1S/C21H15ClN4O/c1-14-2-4-15(5-3-14)13-24-26-20(16-8-10-23-11-9-16)25-19-7-6-17(22)12-18(19)21(26)27/h2-13H,1H3. The quantitative estimate of drug-likeness (QED) is 0.502. The van der Waals surface area contributed by atoms with Crippen LogP contribution in [0.1, 0.15) is 11.1 Å². The Bertz CT molecular complexity index is 1200. The van der Waals surface area contributed by atoms with Crippen molar-refractivity contribution in [3.63, 3.8) is 0 Å². The second-order valence-electron chi connectivity index (χ2n) is 6.10. The van der Waals surface area contributed by atoms with Crippen LogP contribution in [0.5, 0.6) is 0 Å². The summed E-state index contributed by atoms with van der Waals surface area (Å²) in [5.74, 6) is 0.445. The number of aryl methyl sites for hydroxylation is 1. The fourth-order valence-electron chi connectivity index (χ4n) is 2.72. The van der Waals surface area contributed by atoms with Crippen molar-refractivity contribution in [1.29, 1.82) is 0 Å². The lowest BCUT2D eigenvalue weighted by Crippen LogP contribution is -2.20. The van der Waals surface area contributed by atoms with Gasteiger partial charge in [-0.1, -0.05) is 41.4 Å². The highest BCUT2D eigenvalue weighted by Gasteiger charge is 2.12. The molecule has 4 aromatic rings. The van der Waals surface area contributed by atoms with E-state index in [4.69, 9.17) is 11.6 Å². The molecule has 0 atom stereocenters. The number of hydrogen-bond donors (Lipinski definition) is 0. The summed E-state index contributed by atoms with van der Waals surface area (Å²) in [6.45, 7) is 2.02. The number of pyridine rings is 1. The first-order chi connectivity index (χ1) is 13.1. The lowest BCUT2D eigenvalue weighted by molar-refractivity contribution is 0.829. The van der Waals surface area contributed by atoms with Crippen LogP contribution in [0.3, 0.4) is 0 Å². The molecule has 0 aliphatic rings. The molecule has 2 aromatic heterocycles. The zero-order chi connectivity index (χ0) is 18.8. The van der Waals surface area contributed by atoms with E-state index in [-0.39, 0.29) is 5.56 Å². The second kappa shape index (κ2) is 7.13. The van der Waals surface area contributed by atoms with E-state index in [0.29, 0.717) is 21.7 Å². The molecule has 0 fully saturated rings. The van der Waals surface area contributed by atoms with Gasteiger partial charge in [0, 0.05) is 23.0 Å². The zero-order valence-corrected chi connectivity index (χ0v) is 15.3. The molecule has 0 aliphatic carbocycles. The summed E-state index contributed by atoms with van der Waals surface area (Å²) in [6.07, 6.45) is 4.95. The fraction of sp³-hybridized carbons (Fsp3) is 0.0476. The fourth-order valence-corrected chi connectivity index (χ4v) is 2.89. The van der Waals surface area contributed by atoms with Crippen molar-refractivity contribution in [2.45, 2.75) is 6.92 Å². The molecule has 5 nitrogen and oxygen atoms in total. The van der Waals surface area contributed by atoms with Gasteiger partial charge >= 0.3 is 0 Å². The predicted molar refractivity (Wildman–Crippen MR) is 108 cm³/mol. The lowest BCUT2D eigenvalue weighted by atomic mass is 10.2. The van der Waals surface area contributed by atoms with Crippen molar-refractivity contribution in [3.05, 3.63) is 93.5 Å². The minimum Gasteiger partial charge on any atom is -0.267 e. The maximum Gasteiger partial charge on any atom is 0.282 e. The third-order valence-corrected chi connectivity index (χ3v) is 4.38. The van der Waals surface area contributed by atoms with E-state index in [0.717, 1.165) is 16.7 Å². The second-order valence-corrected chi connectivity index (χ2v) is 6.54. The zero-order valence-electron chi connectivity index (χ0n) is 14.5. The van der Waals surface area contributed by atoms with Gasteiger partial charge in [-0.25, -0.2) is 4.98 Å². The van der Waals surface area contributed by atoms with Crippen LogP contribution in [0.4, 0.5) is 0 Å².